The first-order valence-electron chi connectivity index (χ1n) is 48.2. The van der Waals surface area contributed by atoms with E-state index in [1.165, 1.54) is 67.9 Å². The van der Waals surface area contributed by atoms with Gasteiger partial charge < -0.3 is 47.9 Å². The zero-order valence-corrected chi connectivity index (χ0v) is 85.3. The zero-order chi connectivity index (χ0) is 108. The smallest absolute Gasteiger partial charge is 0.416 e. The van der Waals surface area contributed by atoms with Crippen molar-refractivity contribution in [1.82, 2.24) is 44.6 Å². The maximum atomic E-state index is 13.9. The summed E-state index contributed by atoms with van der Waals surface area (Å²) in [5.74, 6) is -1.28. The van der Waals surface area contributed by atoms with Gasteiger partial charge in [0, 0.05) is 86.0 Å². The van der Waals surface area contributed by atoms with Gasteiger partial charge in [0.15, 0.2) is 11.6 Å². The Morgan fingerprint density at radius 2 is 0.747 bits per heavy atom. The highest BCUT2D eigenvalue weighted by Gasteiger charge is 2.49. The van der Waals surface area contributed by atoms with Gasteiger partial charge >= 0.3 is 42.8 Å². The van der Waals surface area contributed by atoms with E-state index in [0.29, 0.717) is 101 Å². The Kier molecular flexibility index (Phi) is 30.1. The molecule has 0 bridgehead atoms. The number of esters is 1. The molecule has 25 nitrogen and oxygen atoms in total. The molecule has 6 atom stereocenters. The fraction of sp³-hybridized carbons (Fsp3) is 0.357. The summed E-state index contributed by atoms with van der Waals surface area (Å²) in [5, 5.41) is 0. The number of alkyl halides is 13. The van der Waals surface area contributed by atoms with Gasteiger partial charge in [-0.05, 0) is 280 Å². The molecule has 12 heterocycles. The van der Waals surface area contributed by atoms with E-state index in [1.807, 2.05) is 88.4 Å². The molecular weight excluding hydrogens is 1970 g/mol. The minimum absolute atomic E-state index is 0.0459. The van der Waals surface area contributed by atoms with Crippen LogP contribution in [0.2, 0.25) is 0 Å². The van der Waals surface area contributed by atoms with Crippen LogP contribution in [0.25, 0.3) is 66.8 Å². The zero-order valence-electron chi connectivity index (χ0n) is 85.3. The van der Waals surface area contributed by atoms with E-state index in [-0.39, 0.29) is 91.6 Å². The Morgan fingerprint density at radius 1 is 0.393 bits per heavy atom. The number of aryl methyl sites for hydroxylation is 7. The standard InChI is InChI=1S/C39H40F4N4O5.C37H35F5N4O4.C36H34F4N4O4/c1-21-12-25(15-27(13-21)39(41,42)43)34-23(3)47(37(49)51-34)20-32-30(10-11-33(45-32)46-18-28(40)19-46)31-16-26(17-44-35(31)50-7)29-9-8-24(14-22(29)2)36(48)52-38(4,5)6;1-19-7-25(11-28(8-19)37(40,41)42)33-22(4)46(35(48)50-33)16-27-13-31(45-17-36(38,39)18-45)43-15-30(27)29-12-26(14-44-34(29)49-6)32-20(2)9-24(23(5)47)10-21(32)3;1-19-10-24(13-26(11-19)36(38,39)40)33-21(3)44(35(46)48-33)18-31-29(8-9-32(42-31)43-16-27(37)17-43)30-14-25(15-41-34(30)47-5)28-7-6-23(22(4)45)12-20(28)2/h8-17,23,28,34H,18-20H2,1-7H3;7-15,22,33H,16-18H2,1-6H3;6-15,21,27,33H,16-18H2,1-5H3/t23-,34-;22-,33-;21-,33-/m000/s1. The number of anilines is 3. The lowest BCUT2D eigenvalue weighted by Crippen LogP contribution is -2.56. The molecule has 0 unspecified atom stereocenters. The molecule has 0 radical (unpaired) electrons. The van der Waals surface area contributed by atoms with Crippen LogP contribution in [0.4, 0.5) is 88.9 Å². The van der Waals surface area contributed by atoms with Crippen LogP contribution >= 0.6 is 0 Å². The number of ether oxygens (including phenoxy) is 7. The summed E-state index contributed by atoms with van der Waals surface area (Å²) in [6.07, 6.45) is -14.2. The second kappa shape index (κ2) is 42.0. The van der Waals surface area contributed by atoms with E-state index in [2.05, 4.69) is 19.9 Å². The lowest BCUT2D eigenvalue weighted by atomic mass is 9.91. The van der Waals surface area contributed by atoms with E-state index in [4.69, 9.17) is 43.1 Å². The number of methoxy groups -OCH3 is 3. The number of halogens is 13. The third-order valence-corrected chi connectivity index (χ3v) is 27.2. The number of carbonyl (C=O) groups is 6. The van der Waals surface area contributed by atoms with Crippen LogP contribution in [-0.2, 0) is 57.1 Å². The highest BCUT2D eigenvalue weighted by Crippen LogP contribution is 2.49. The second-order valence-corrected chi connectivity index (χ2v) is 39.7. The minimum Gasteiger partial charge on any atom is -0.481 e. The maximum absolute atomic E-state index is 13.9. The van der Waals surface area contributed by atoms with Crippen molar-refractivity contribution >= 4 is 53.3 Å². The number of hydrogen-bond donors (Lipinski definition) is 0. The maximum Gasteiger partial charge on any atom is 0.416 e. The van der Waals surface area contributed by atoms with Crippen molar-refractivity contribution in [3.8, 4) is 84.4 Å². The fourth-order valence-corrected chi connectivity index (χ4v) is 19.5. The van der Waals surface area contributed by atoms with Gasteiger partial charge in [0.2, 0.25) is 17.6 Å². The summed E-state index contributed by atoms with van der Waals surface area (Å²) < 4.78 is 218. The van der Waals surface area contributed by atoms with Crippen molar-refractivity contribution in [3.05, 3.63) is 282 Å². The molecular formula is C112H109F13N12O13. The van der Waals surface area contributed by atoms with E-state index >= 15 is 0 Å². The second-order valence-electron chi connectivity index (χ2n) is 39.7. The van der Waals surface area contributed by atoms with E-state index in [1.54, 1.807) is 138 Å². The molecule has 0 aliphatic carbocycles. The van der Waals surface area contributed by atoms with Crippen molar-refractivity contribution in [2.75, 3.05) is 75.3 Å². The van der Waals surface area contributed by atoms with Gasteiger partial charge in [-0.1, -0.05) is 53.1 Å². The summed E-state index contributed by atoms with van der Waals surface area (Å²) >= 11 is 0. The molecule has 6 aromatic heterocycles. The third-order valence-electron chi connectivity index (χ3n) is 27.2. The van der Waals surface area contributed by atoms with Crippen LogP contribution in [0.3, 0.4) is 0 Å². The first-order valence-corrected chi connectivity index (χ1v) is 48.2. The van der Waals surface area contributed by atoms with Crippen molar-refractivity contribution in [3.63, 3.8) is 0 Å². The first-order chi connectivity index (χ1) is 70.6. The summed E-state index contributed by atoms with van der Waals surface area (Å²) in [6.45, 7) is 25.2. The van der Waals surface area contributed by atoms with Crippen molar-refractivity contribution in [2.24, 2.45) is 0 Å². The number of pyridine rings is 6. The molecule has 0 N–H and O–H groups in total. The molecule has 6 aliphatic rings. The number of hydrogen-bond acceptors (Lipinski definition) is 22. The summed E-state index contributed by atoms with van der Waals surface area (Å²) in [4.78, 5) is 114. The fourth-order valence-electron chi connectivity index (χ4n) is 19.5. The Hall–Kier alpha value is -15.3. The highest BCUT2D eigenvalue weighted by molar-refractivity contribution is 5.97. The average molecular weight is 2080 g/mol. The number of cyclic esters (lactones) is 3. The molecule has 38 heteroatoms. The van der Waals surface area contributed by atoms with E-state index in [9.17, 15) is 85.8 Å². The Labute approximate surface area is 857 Å². The molecule has 0 spiro atoms. The summed E-state index contributed by atoms with van der Waals surface area (Å²) in [5.41, 5.74) is 13.1. The summed E-state index contributed by atoms with van der Waals surface area (Å²) in [7, 11) is 4.43. The largest absolute Gasteiger partial charge is 0.481 e. The van der Waals surface area contributed by atoms with Crippen LogP contribution in [0.5, 0.6) is 17.6 Å². The molecule has 18 rings (SSSR count). The molecule has 6 aromatic carbocycles. The molecule has 786 valence electrons. The van der Waals surface area contributed by atoms with Gasteiger partial charge in [0.1, 0.15) is 53.7 Å². The lowest BCUT2D eigenvalue weighted by Gasteiger charge is -2.39. The van der Waals surface area contributed by atoms with Crippen LogP contribution in [0.1, 0.15) is 194 Å². The summed E-state index contributed by atoms with van der Waals surface area (Å²) in [6, 6.07) is 37.6. The monoisotopic (exact) mass is 2080 g/mol. The van der Waals surface area contributed by atoms with Crippen LogP contribution < -0.4 is 28.9 Å². The van der Waals surface area contributed by atoms with E-state index < -0.39 is 133 Å². The number of Topliss-reactive ketones (excluding diaryl/α,β-unsaturated/α-hetero) is 2. The SMILES string of the molecule is COc1ncc(-c2c(C)cc(C(C)=O)cc2C)cc1-c1cnc(N2CC(F)(F)C2)cc1CN1C(=O)O[C@H](c2cc(C)cc(C(F)(F)F)c2)[C@@H]1C.COc1ncc(-c2ccc(C(=O)OC(C)(C)C)cc2C)cc1-c1ccc(N2CC(F)C2)nc1CN1C(=O)O[C@H](c2cc(C)cc(C(F)(F)F)c2)[C@@H]1C.COc1ncc(-c2ccc(C(C)=O)cc2C)cc1-c1ccc(N2CC(F)C2)nc1CN1C(=O)O[C@H](c2cc(C)cc(C(F)(F)F)c2)[C@@H]1C. The Bertz CT molecular complexity index is 7260. The number of benzene rings is 6. The molecule has 3 amide bonds. The Balaban J connectivity index is 0.000000160. The first kappa shape index (κ1) is 107. The van der Waals surface area contributed by atoms with Gasteiger partial charge in [-0.2, -0.15) is 39.5 Å². The number of carbonyl (C=O) groups excluding carboxylic acids is 6. The minimum atomic E-state index is -4.59. The molecule has 150 heavy (non-hydrogen) atoms. The van der Waals surface area contributed by atoms with Gasteiger partial charge in [-0.15, -0.1) is 0 Å². The number of aromatic nitrogens is 6. The number of rotatable bonds is 24. The quantitative estimate of drug-likeness (QED) is 0.0235. The predicted octanol–water partition coefficient (Wildman–Crippen LogP) is 25.1. The molecule has 6 aliphatic heterocycles. The van der Waals surface area contributed by atoms with Crippen molar-refractivity contribution in [2.45, 2.75) is 202 Å². The molecule has 6 saturated heterocycles. The Morgan fingerprint density at radius 3 is 1.11 bits per heavy atom. The lowest BCUT2D eigenvalue weighted by molar-refractivity contribution is -0.138. The predicted molar refractivity (Wildman–Crippen MR) is 535 cm³/mol. The third kappa shape index (κ3) is 23.1. The number of nitrogens with zero attached hydrogens (tertiary/aromatic N) is 12. The topological polar surface area (TPSA) is 264 Å². The van der Waals surface area contributed by atoms with E-state index in [0.717, 1.165) is 92.0 Å². The van der Waals surface area contributed by atoms with Crippen LogP contribution in [0.15, 0.2) is 176 Å². The highest BCUT2D eigenvalue weighted by atomic mass is 19.4. The molecule has 12 aromatic rings. The van der Waals surface area contributed by atoms with Crippen molar-refractivity contribution in [1.29, 1.82) is 0 Å². The normalized spacial score (nSPS) is 18.2. The van der Waals surface area contributed by atoms with Gasteiger partial charge in [0.25, 0.3) is 5.92 Å². The number of amides is 3. The average Bonchev–Trinajstić information content (AvgIpc) is 0.833. The van der Waals surface area contributed by atoms with Gasteiger partial charge in [-0.3, -0.25) is 24.3 Å². The molecule has 0 saturated carbocycles. The van der Waals surface area contributed by atoms with Gasteiger partial charge in [-0.25, -0.2) is 66.6 Å². The number of ketones is 2. The van der Waals surface area contributed by atoms with Gasteiger partial charge in [0.05, 0.1) is 132 Å². The molecule has 6 fully saturated rings. The van der Waals surface area contributed by atoms with Crippen molar-refractivity contribution < 1.29 is 119 Å². The van der Waals surface area contributed by atoms with Crippen LogP contribution in [-0.4, -0.2) is 183 Å². The van der Waals surface area contributed by atoms with Crippen LogP contribution in [0, 0.1) is 48.5 Å².